The monoisotopic (exact) mass is 358 g/mol. The molecule has 0 spiro atoms. The summed E-state index contributed by atoms with van der Waals surface area (Å²) in [6.45, 7) is 5.57. The van der Waals surface area contributed by atoms with Crippen molar-refractivity contribution in [2.75, 3.05) is 6.54 Å². The topological polar surface area (TPSA) is 95.0 Å². The number of carbonyl (C=O) groups excluding carboxylic acids is 3. The molecular weight excluding hydrogens is 336 g/mol. The molecule has 1 N–H and O–H groups in total. The average Bonchev–Trinajstić information content (AvgIpc) is 3.09. The third-order valence-electron chi connectivity index (χ3n) is 5.34. The number of carboxylic acid groups (broad SMARTS) is 1. The van der Waals surface area contributed by atoms with Gasteiger partial charge >= 0.3 is 5.97 Å². The first-order chi connectivity index (χ1) is 12.3. The second kappa shape index (κ2) is 6.55. The van der Waals surface area contributed by atoms with Crippen LogP contribution in [0.2, 0.25) is 0 Å². The Hall–Kier alpha value is -2.70. The molecule has 1 aromatic rings. The Balaban J connectivity index is 1.92. The maximum atomic E-state index is 13.2. The summed E-state index contributed by atoms with van der Waals surface area (Å²) in [5, 5.41) is 9.29. The molecule has 0 aliphatic carbocycles. The largest absolute Gasteiger partial charge is 0.481 e. The van der Waals surface area contributed by atoms with Gasteiger partial charge < -0.3 is 10.0 Å². The van der Waals surface area contributed by atoms with E-state index in [-0.39, 0.29) is 11.8 Å². The van der Waals surface area contributed by atoms with E-state index in [2.05, 4.69) is 0 Å². The van der Waals surface area contributed by atoms with Gasteiger partial charge in [-0.2, -0.15) is 0 Å². The lowest BCUT2D eigenvalue weighted by atomic mass is 9.99. The van der Waals surface area contributed by atoms with Crippen molar-refractivity contribution in [3.8, 4) is 0 Å². The smallest absolute Gasteiger partial charge is 0.308 e. The van der Waals surface area contributed by atoms with Crippen LogP contribution in [0.4, 0.5) is 0 Å². The predicted octanol–water partition coefficient (Wildman–Crippen LogP) is 1.63. The standard InChI is InChI=1S/C19H22N2O5/c1-10(2)15(18(24)20-9-8-12(11(20)3)19(25)26)21-16(22)13-6-4-5-7-14(13)17(21)23/h4-7,10-12,15H,8-9H2,1-3H3,(H,25,26). The second-order valence-electron chi connectivity index (χ2n) is 7.22. The fourth-order valence-corrected chi connectivity index (χ4v) is 3.91. The molecule has 138 valence electrons. The Bertz CT molecular complexity index is 753. The van der Waals surface area contributed by atoms with Crippen molar-refractivity contribution in [1.29, 1.82) is 0 Å². The van der Waals surface area contributed by atoms with Crippen LogP contribution in [-0.2, 0) is 9.59 Å². The van der Waals surface area contributed by atoms with Crippen LogP contribution in [0.5, 0.6) is 0 Å². The van der Waals surface area contributed by atoms with E-state index in [1.54, 1.807) is 45.0 Å². The molecule has 3 rings (SSSR count). The van der Waals surface area contributed by atoms with Crippen molar-refractivity contribution in [3.05, 3.63) is 35.4 Å². The lowest BCUT2D eigenvalue weighted by molar-refractivity contribution is -0.144. The van der Waals surface area contributed by atoms with E-state index in [1.165, 1.54) is 4.90 Å². The summed E-state index contributed by atoms with van der Waals surface area (Å²) in [6.07, 6.45) is 0.370. The molecule has 0 bridgehead atoms. The van der Waals surface area contributed by atoms with Crippen LogP contribution in [0.1, 0.15) is 47.9 Å². The highest BCUT2D eigenvalue weighted by molar-refractivity contribution is 6.22. The van der Waals surface area contributed by atoms with E-state index in [1.807, 2.05) is 0 Å². The van der Waals surface area contributed by atoms with Crippen LogP contribution in [-0.4, -0.2) is 57.2 Å². The minimum atomic E-state index is -0.947. The number of hydrogen-bond acceptors (Lipinski definition) is 4. The number of carboxylic acids is 1. The van der Waals surface area contributed by atoms with Gasteiger partial charge in [0.25, 0.3) is 11.8 Å². The summed E-state index contributed by atoms with van der Waals surface area (Å²) in [4.78, 5) is 52.6. The zero-order valence-corrected chi connectivity index (χ0v) is 15.0. The number of hydrogen-bond donors (Lipinski definition) is 1. The van der Waals surface area contributed by atoms with E-state index in [9.17, 15) is 24.3 Å². The Kier molecular flexibility index (Phi) is 4.56. The first-order valence-corrected chi connectivity index (χ1v) is 8.76. The highest BCUT2D eigenvalue weighted by Crippen LogP contribution is 2.31. The molecule has 3 unspecified atom stereocenters. The minimum absolute atomic E-state index is 0.291. The third kappa shape index (κ3) is 2.67. The zero-order valence-electron chi connectivity index (χ0n) is 15.0. The van der Waals surface area contributed by atoms with Gasteiger partial charge in [0.15, 0.2) is 0 Å². The Morgan fingerprint density at radius 2 is 1.65 bits per heavy atom. The lowest BCUT2D eigenvalue weighted by Crippen LogP contribution is -2.54. The molecule has 0 saturated carbocycles. The van der Waals surface area contributed by atoms with Crippen LogP contribution < -0.4 is 0 Å². The molecule has 0 radical (unpaired) electrons. The summed E-state index contributed by atoms with van der Waals surface area (Å²) < 4.78 is 0. The van der Waals surface area contributed by atoms with Gasteiger partial charge in [0.1, 0.15) is 6.04 Å². The fraction of sp³-hybridized carbons (Fsp3) is 0.474. The van der Waals surface area contributed by atoms with E-state index in [0.29, 0.717) is 24.1 Å². The molecule has 1 fully saturated rings. The first kappa shape index (κ1) is 18.1. The first-order valence-electron chi connectivity index (χ1n) is 8.76. The van der Waals surface area contributed by atoms with Crippen molar-refractivity contribution in [1.82, 2.24) is 9.80 Å². The van der Waals surface area contributed by atoms with Gasteiger partial charge in [-0.15, -0.1) is 0 Å². The number of likely N-dealkylation sites (tertiary alicyclic amines) is 1. The summed E-state index contributed by atoms with van der Waals surface area (Å²) in [6, 6.07) is 5.10. The molecule has 26 heavy (non-hydrogen) atoms. The number of fused-ring (bicyclic) bond motifs is 1. The molecule has 2 aliphatic rings. The van der Waals surface area contributed by atoms with Crippen LogP contribution in [0.3, 0.4) is 0 Å². The number of amides is 3. The molecule has 1 saturated heterocycles. The predicted molar refractivity (Wildman–Crippen MR) is 92.5 cm³/mol. The Labute approximate surface area is 151 Å². The molecule has 1 aromatic carbocycles. The zero-order chi connectivity index (χ0) is 19.2. The van der Waals surface area contributed by atoms with Crippen LogP contribution in [0, 0.1) is 11.8 Å². The van der Waals surface area contributed by atoms with Crippen LogP contribution >= 0.6 is 0 Å². The summed E-state index contributed by atoms with van der Waals surface area (Å²) in [7, 11) is 0. The number of carbonyl (C=O) groups is 4. The molecule has 3 amide bonds. The van der Waals surface area contributed by atoms with Crippen molar-refractivity contribution in [2.45, 2.75) is 39.3 Å². The molecule has 7 nitrogen and oxygen atoms in total. The van der Waals surface area contributed by atoms with E-state index < -0.39 is 35.8 Å². The van der Waals surface area contributed by atoms with Gasteiger partial charge in [0, 0.05) is 12.6 Å². The molecule has 3 atom stereocenters. The molecule has 2 heterocycles. The number of nitrogens with zero attached hydrogens (tertiary/aromatic N) is 2. The lowest BCUT2D eigenvalue weighted by Gasteiger charge is -2.34. The van der Waals surface area contributed by atoms with E-state index in [0.717, 1.165) is 4.90 Å². The van der Waals surface area contributed by atoms with E-state index >= 15 is 0 Å². The number of imide groups is 1. The highest BCUT2D eigenvalue weighted by atomic mass is 16.4. The summed E-state index contributed by atoms with van der Waals surface area (Å²) in [5.74, 6) is -3.17. The maximum Gasteiger partial charge on any atom is 0.308 e. The van der Waals surface area contributed by atoms with Gasteiger partial charge in [-0.05, 0) is 31.4 Å². The third-order valence-corrected chi connectivity index (χ3v) is 5.34. The number of benzene rings is 1. The minimum Gasteiger partial charge on any atom is -0.481 e. The fourth-order valence-electron chi connectivity index (χ4n) is 3.91. The van der Waals surface area contributed by atoms with Crippen LogP contribution in [0.25, 0.3) is 0 Å². The van der Waals surface area contributed by atoms with Gasteiger partial charge in [-0.1, -0.05) is 26.0 Å². The molecule has 0 aromatic heterocycles. The molecule has 7 heteroatoms. The Morgan fingerprint density at radius 1 is 1.12 bits per heavy atom. The molecular formula is C19H22N2O5. The average molecular weight is 358 g/mol. The van der Waals surface area contributed by atoms with Crippen molar-refractivity contribution in [2.24, 2.45) is 11.8 Å². The number of rotatable bonds is 4. The summed E-state index contributed by atoms with van der Waals surface area (Å²) >= 11 is 0. The van der Waals surface area contributed by atoms with Crippen LogP contribution in [0.15, 0.2) is 24.3 Å². The van der Waals surface area contributed by atoms with E-state index in [4.69, 9.17) is 0 Å². The number of aliphatic carboxylic acids is 1. The van der Waals surface area contributed by atoms with Crippen molar-refractivity contribution in [3.63, 3.8) is 0 Å². The molecule has 2 aliphatic heterocycles. The summed E-state index contributed by atoms with van der Waals surface area (Å²) in [5.41, 5.74) is 0.600. The van der Waals surface area contributed by atoms with Crippen molar-refractivity contribution < 1.29 is 24.3 Å². The second-order valence-corrected chi connectivity index (χ2v) is 7.22. The van der Waals surface area contributed by atoms with Gasteiger partial charge in [0.2, 0.25) is 5.91 Å². The van der Waals surface area contributed by atoms with Gasteiger partial charge in [-0.25, -0.2) is 0 Å². The van der Waals surface area contributed by atoms with Crippen molar-refractivity contribution >= 4 is 23.7 Å². The maximum absolute atomic E-state index is 13.2. The normalized spacial score (nSPS) is 23.5. The van der Waals surface area contributed by atoms with Gasteiger partial charge in [-0.3, -0.25) is 24.1 Å². The van der Waals surface area contributed by atoms with Gasteiger partial charge in [0.05, 0.1) is 17.0 Å². The SMILES string of the molecule is CC(C)C(C(=O)N1CCC(C(=O)O)C1C)N1C(=O)c2ccccc2C1=O. The highest BCUT2D eigenvalue weighted by Gasteiger charge is 2.48. The quantitative estimate of drug-likeness (QED) is 0.826. The Morgan fingerprint density at radius 3 is 2.08 bits per heavy atom.